The van der Waals surface area contributed by atoms with Crippen molar-refractivity contribution in [2.75, 3.05) is 0 Å². The topological polar surface area (TPSA) is 53.6 Å². The average molecular weight is 214 g/mol. The zero-order valence-corrected chi connectivity index (χ0v) is 8.68. The Bertz CT molecular complexity index is 569. The molecule has 1 aromatic carbocycles. The van der Waals surface area contributed by atoms with Gasteiger partial charge in [0.2, 0.25) is 0 Å². The fourth-order valence-electron chi connectivity index (χ4n) is 2.16. The molecule has 0 saturated heterocycles. The molecule has 0 fully saturated rings. The lowest BCUT2D eigenvalue weighted by Gasteiger charge is -2.02. The van der Waals surface area contributed by atoms with E-state index < -0.39 is 7.12 Å². The van der Waals surface area contributed by atoms with Gasteiger partial charge >= 0.3 is 7.12 Å². The first-order valence-corrected chi connectivity index (χ1v) is 5.34. The molecule has 0 unspecified atom stereocenters. The molecule has 0 amide bonds. The van der Waals surface area contributed by atoms with E-state index >= 15 is 0 Å². The number of rotatable bonds is 1. The summed E-state index contributed by atoms with van der Waals surface area (Å²) in [6.45, 7) is 0. The molecule has 0 spiro atoms. The largest absolute Gasteiger partial charge is 0.488 e. The molecule has 0 radical (unpaired) electrons. The monoisotopic (exact) mass is 214 g/mol. The lowest BCUT2D eigenvalue weighted by Crippen LogP contribution is -2.29. The Kier molecular flexibility index (Phi) is 2.12. The van der Waals surface area contributed by atoms with Gasteiger partial charge in [-0.25, -0.2) is 0 Å². The average Bonchev–Trinajstić information content (AvgIpc) is 2.66. The molecule has 1 aliphatic rings. The van der Waals surface area contributed by atoms with Crippen LogP contribution in [0.5, 0.6) is 0 Å². The van der Waals surface area contributed by atoms with Gasteiger partial charge in [-0.1, -0.05) is 18.2 Å². The van der Waals surface area contributed by atoms with Crippen LogP contribution in [0.3, 0.4) is 0 Å². The second-order valence-electron chi connectivity index (χ2n) is 4.02. The maximum Gasteiger partial charge on any atom is 0.488 e. The lowest BCUT2D eigenvalue weighted by atomic mass is 9.80. The fraction of sp³-hybridized carbons (Fsp3) is 0.167. The van der Waals surface area contributed by atoms with Crippen molar-refractivity contribution in [3.63, 3.8) is 0 Å². The molecule has 1 heterocycles. The van der Waals surface area contributed by atoms with E-state index in [4.69, 9.17) is 14.5 Å². The summed E-state index contributed by atoms with van der Waals surface area (Å²) >= 11 is 0. The maximum absolute atomic E-state index is 9.09. The first-order chi connectivity index (χ1) is 7.75. The zero-order valence-electron chi connectivity index (χ0n) is 8.68. The summed E-state index contributed by atoms with van der Waals surface area (Å²) in [4.78, 5) is 0. The molecule has 0 saturated carbocycles. The van der Waals surface area contributed by atoms with Crippen LogP contribution in [0, 0.1) is 0 Å². The summed E-state index contributed by atoms with van der Waals surface area (Å²) in [6.07, 6.45) is 6.09. The van der Waals surface area contributed by atoms with Crippen LogP contribution >= 0.6 is 0 Å². The maximum atomic E-state index is 9.09. The minimum absolute atomic E-state index is 0.461. The van der Waals surface area contributed by atoms with E-state index in [-0.39, 0.29) is 0 Å². The van der Waals surface area contributed by atoms with E-state index in [1.54, 1.807) is 12.1 Å². The molecular weight excluding hydrogens is 203 g/mol. The van der Waals surface area contributed by atoms with Crippen molar-refractivity contribution in [1.82, 2.24) is 0 Å². The molecule has 0 aliphatic heterocycles. The molecular formula is C12H11BO3. The summed E-state index contributed by atoms with van der Waals surface area (Å²) in [5, 5.41) is 19.2. The standard InChI is InChI=1S/C12H11BO3/c14-13(15)8-5-6-10-9-3-1-2-4-11(9)16-12(10)7-8/h2,4-7,14-15H,1,3H2. The highest BCUT2D eigenvalue weighted by molar-refractivity contribution is 6.58. The highest BCUT2D eigenvalue weighted by Crippen LogP contribution is 2.30. The number of hydrogen-bond acceptors (Lipinski definition) is 3. The molecule has 1 aromatic heterocycles. The number of hydrogen-bond donors (Lipinski definition) is 2. The third-order valence-electron chi connectivity index (χ3n) is 2.98. The predicted octanol–water partition coefficient (Wildman–Crippen LogP) is 1.07. The minimum atomic E-state index is -1.44. The third kappa shape index (κ3) is 1.38. The summed E-state index contributed by atoms with van der Waals surface area (Å²) in [5.41, 5.74) is 2.40. The van der Waals surface area contributed by atoms with Crippen LogP contribution in [0.1, 0.15) is 17.7 Å². The molecule has 0 bridgehead atoms. The number of allylic oxidation sites excluding steroid dienone is 1. The van der Waals surface area contributed by atoms with Crippen molar-refractivity contribution in [2.45, 2.75) is 12.8 Å². The third-order valence-corrected chi connectivity index (χ3v) is 2.98. The second-order valence-corrected chi connectivity index (χ2v) is 4.02. The summed E-state index contributed by atoms with van der Waals surface area (Å²) in [7, 11) is -1.44. The smallest absolute Gasteiger partial charge is 0.456 e. The highest BCUT2D eigenvalue weighted by Gasteiger charge is 2.17. The molecule has 2 aromatic rings. The first-order valence-electron chi connectivity index (χ1n) is 5.34. The van der Waals surface area contributed by atoms with Gasteiger partial charge in [0.05, 0.1) is 0 Å². The molecule has 3 nitrogen and oxygen atoms in total. The predicted molar refractivity (Wildman–Crippen MR) is 63.4 cm³/mol. The van der Waals surface area contributed by atoms with Crippen LogP contribution in [0.25, 0.3) is 17.0 Å². The van der Waals surface area contributed by atoms with E-state index in [9.17, 15) is 0 Å². The van der Waals surface area contributed by atoms with E-state index in [0.29, 0.717) is 5.46 Å². The minimum Gasteiger partial charge on any atom is -0.456 e. The molecule has 4 heteroatoms. The highest BCUT2D eigenvalue weighted by atomic mass is 16.4. The molecule has 0 atom stereocenters. The number of aryl methyl sites for hydroxylation is 1. The Balaban J connectivity index is 2.23. The van der Waals surface area contributed by atoms with Crippen LogP contribution in [0.4, 0.5) is 0 Å². The van der Waals surface area contributed by atoms with E-state index in [1.807, 2.05) is 12.1 Å². The fourth-order valence-corrected chi connectivity index (χ4v) is 2.16. The van der Waals surface area contributed by atoms with Crippen LogP contribution in [0.15, 0.2) is 28.7 Å². The van der Waals surface area contributed by atoms with Gasteiger partial charge in [-0.15, -0.1) is 0 Å². The Morgan fingerprint density at radius 2 is 2.12 bits per heavy atom. The zero-order chi connectivity index (χ0) is 11.1. The van der Waals surface area contributed by atoms with Crippen molar-refractivity contribution >= 4 is 29.6 Å². The van der Waals surface area contributed by atoms with E-state index in [0.717, 1.165) is 29.6 Å². The van der Waals surface area contributed by atoms with Crippen LogP contribution in [-0.4, -0.2) is 17.2 Å². The van der Waals surface area contributed by atoms with Crippen molar-refractivity contribution in [3.8, 4) is 0 Å². The van der Waals surface area contributed by atoms with Crippen LogP contribution < -0.4 is 5.46 Å². The SMILES string of the molecule is OB(O)c1ccc2c3c(oc2c1)C=CCC3. The van der Waals surface area contributed by atoms with Gasteiger partial charge in [-0.2, -0.15) is 0 Å². The van der Waals surface area contributed by atoms with Crippen molar-refractivity contribution in [3.05, 3.63) is 35.6 Å². The van der Waals surface area contributed by atoms with Gasteiger partial charge in [-0.3, -0.25) is 0 Å². The lowest BCUT2D eigenvalue weighted by molar-refractivity contribution is 0.425. The summed E-state index contributed by atoms with van der Waals surface area (Å²) in [5.74, 6) is 0.894. The van der Waals surface area contributed by atoms with Gasteiger partial charge in [0, 0.05) is 10.9 Å². The van der Waals surface area contributed by atoms with Crippen molar-refractivity contribution < 1.29 is 14.5 Å². The van der Waals surface area contributed by atoms with Gasteiger partial charge in [0.25, 0.3) is 0 Å². The Labute approximate surface area is 93.2 Å². The van der Waals surface area contributed by atoms with Crippen molar-refractivity contribution in [1.29, 1.82) is 0 Å². The van der Waals surface area contributed by atoms with Gasteiger partial charge in [0.1, 0.15) is 11.3 Å². The van der Waals surface area contributed by atoms with E-state index in [1.165, 1.54) is 5.56 Å². The Hall–Kier alpha value is -1.52. The first kappa shape index (κ1) is 9.69. The van der Waals surface area contributed by atoms with Gasteiger partial charge in [0.15, 0.2) is 0 Å². The van der Waals surface area contributed by atoms with Gasteiger partial charge < -0.3 is 14.5 Å². The van der Waals surface area contributed by atoms with Gasteiger partial charge in [-0.05, 0) is 30.4 Å². The molecule has 3 rings (SSSR count). The Morgan fingerprint density at radius 3 is 2.94 bits per heavy atom. The number of benzene rings is 1. The number of fused-ring (bicyclic) bond motifs is 3. The normalized spacial score (nSPS) is 14.1. The van der Waals surface area contributed by atoms with E-state index in [2.05, 4.69) is 6.08 Å². The number of furan rings is 1. The summed E-state index contributed by atoms with van der Waals surface area (Å²) in [6, 6.07) is 5.30. The van der Waals surface area contributed by atoms with Crippen LogP contribution in [0.2, 0.25) is 0 Å². The molecule has 2 N–H and O–H groups in total. The molecule has 16 heavy (non-hydrogen) atoms. The Morgan fingerprint density at radius 1 is 1.25 bits per heavy atom. The summed E-state index contributed by atoms with van der Waals surface area (Å²) < 4.78 is 5.67. The van der Waals surface area contributed by atoms with Crippen molar-refractivity contribution in [2.24, 2.45) is 0 Å². The molecule has 80 valence electrons. The quantitative estimate of drug-likeness (QED) is 0.698. The molecule has 1 aliphatic carbocycles. The second kappa shape index (κ2) is 3.51. The van der Waals surface area contributed by atoms with Crippen LogP contribution in [-0.2, 0) is 6.42 Å².